The van der Waals surface area contributed by atoms with Gasteiger partial charge in [-0.3, -0.25) is 9.59 Å². The van der Waals surface area contributed by atoms with E-state index < -0.39 is 5.91 Å². The third-order valence-corrected chi connectivity index (χ3v) is 4.43. The van der Waals surface area contributed by atoms with Crippen LogP contribution in [0.15, 0.2) is 71.4 Å². The standard InChI is InChI=1S/C22H24N3O3.3H2/c1-25(2)14-20-18-6-4-3-5-16(18)13-19(20)22(27)24-11-12-28-17-9-7-15(8-10-17)21(23)26;;;/h3-10,13H,11-12,14H2,1-2H3,(H2,23,26)(H,24,27);3*1H. The van der Waals surface area contributed by atoms with Crippen LogP contribution in [0.3, 0.4) is 0 Å². The van der Waals surface area contributed by atoms with Gasteiger partial charge in [-0.1, -0.05) is 30.4 Å². The minimum atomic E-state index is -0.477. The maximum absolute atomic E-state index is 12.7. The lowest BCUT2D eigenvalue weighted by Crippen LogP contribution is -2.31. The summed E-state index contributed by atoms with van der Waals surface area (Å²) in [5.41, 5.74) is 8.47. The summed E-state index contributed by atoms with van der Waals surface area (Å²) in [6.07, 6.45) is 9.96. The first-order chi connectivity index (χ1) is 13.5. The summed E-state index contributed by atoms with van der Waals surface area (Å²) in [5, 5.41) is 2.92. The molecule has 0 fully saturated rings. The molecule has 1 aromatic carbocycles. The summed E-state index contributed by atoms with van der Waals surface area (Å²) >= 11 is 0. The van der Waals surface area contributed by atoms with Crippen molar-refractivity contribution >= 4 is 11.8 Å². The summed E-state index contributed by atoms with van der Waals surface area (Å²) in [4.78, 5) is 25.8. The second-order valence-corrected chi connectivity index (χ2v) is 6.85. The summed E-state index contributed by atoms with van der Waals surface area (Å²) < 4.78 is 5.61. The number of primary amides is 1. The van der Waals surface area contributed by atoms with Gasteiger partial charge in [0.25, 0.3) is 5.91 Å². The quantitative estimate of drug-likeness (QED) is 0.675. The zero-order chi connectivity index (χ0) is 20.1. The average Bonchev–Trinajstić information content (AvgIpc) is 3.03. The molecule has 0 saturated carbocycles. The first kappa shape index (κ1) is 19.6. The highest BCUT2D eigenvalue weighted by atomic mass is 16.5. The van der Waals surface area contributed by atoms with Crippen LogP contribution < -0.4 is 15.8 Å². The average molecular weight is 384 g/mol. The van der Waals surface area contributed by atoms with Crippen molar-refractivity contribution in [1.29, 1.82) is 0 Å². The van der Waals surface area contributed by atoms with E-state index in [9.17, 15) is 9.59 Å². The smallest absolute Gasteiger partial charge is 0.251 e. The number of ether oxygens (including phenoxy) is 1. The molecule has 0 atom stereocenters. The lowest BCUT2D eigenvalue weighted by atomic mass is 9.95. The molecule has 2 aliphatic carbocycles. The Morgan fingerprint density at radius 3 is 2.54 bits per heavy atom. The van der Waals surface area contributed by atoms with Crippen molar-refractivity contribution < 1.29 is 18.6 Å². The molecule has 0 unspecified atom stereocenters. The predicted octanol–water partition coefficient (Wildman–Crippen LogP) is 2.52. The van der Waals surface area contributed by atoms with Gasteiger partial charge >= 0.3 is 0 Å². The largest absolute Gasteiger partial charge is 0.492 e. The number of carbonyl (C=O) groups is 2. The van der Waals surface area contributed by atoms with Crippen molar-refractivity contribution in [1.82, 2.24) is 10.2 Å². The Bertz CT molecular complexity index is 891. The van der Waals surface area contributed by atoms with Gasteiger partial charge in [0.1, 0.15) is 12.4 Å². The Kier molecular flexibility index (Phi) is 6.11. The van der Waals surface area contributed by atoms with Crippen LogP contribution in [0.25, 0.3) is 0 Å². The van der Waals surface area contributed by atoms with Crippen molar-refractivity contribution in [2.24, 2.45) is 5.73 Å². The summed E-state index contributed by atoms with van der Waals surface area (Å²) in [6.45, 7) is 1.39. The zero-order valence-corrected chi connectivity index (χ0v) is 16.1. The Labute approximate surface area is 169 Å². The molecule has 0 saturated heterocycles. The molecular weight excluding hydrogens is 354 g/mol. The maximum atomic E-state index is 12.7. The molecule has 3 rings (SSSR count). The second-order valence-electron chi connectivity index (χ2n) is 6.85. The van der Waals surface area contributed by atoms with Crippen molar-refractivity contribution in [2.75, 3.05) is 33.8 Å². The van der Waals surface area contributed by atoms with Gasteiger partial charge in [0, 0.05) is 27.9 Å². The molecule has 2 aliphatic rings. The monoisotopic (exact) mass is 384 g/mol. The molecule has 1 radical (unpaired) electrons. The third kappa shape index (κ3) is 4.58. The van der Waals surface area contributed by atoms with Crippen molar-refractivity contribution in [3.63, 3.8) is 0 Å². The van der Waals surface area contributed by atoms with E-state index in [1.807, 2.05) is 44.5 Å². The van der Waals surface area contributed by atoms with Gasteiger partial charge in [0.2, 0.25) is 5.91 Å². The van der Waals surface area contributed by atoms with E-state index in [1.165, 1.54) is 0 Å². The molecule has 6 heteroatoms. The number of nitrogens with one attached hydrogen (secondary N) is 1. The van der Waals surface area contributed by atoms with Crippen LogP contribution in [-0.4, -0.2) is 50.5 Å². The molecular formula is C22H30N3O3. The van der Waals surface area contributed by atoms with Crippen LogP contribution in [0.5, 0.6) is 5.75 Å². The predicted molar refractivity (Wildman–Crippen MR) is 115 cm³/mol. The number of allylic oxidation sites excluding steroid dienone is 6. The van der Waals surface area contributed by atoms with Crippen LogP contribution in [-0.2, 0) is 4.79 Å². The first-order valence-corrected chi connectivity index (χ1v) is 9.08. The van der Waals surface area contributed by atoms with E-state index in [0.29, 0.717) is 36.6 Å². The number of carbonyl (C=O) groups excluding carboxylic acids is 2. The fourth-order valence-corrected chi connectivity index (χ4v) is 3.12. The van der Waals surface area contributed by atoms with Gasteiger partial charge in [0.15, 0.2) is 0 Å². The molecule has 0 aliphatic heterocycles. The minimum absolute atomic E-state index is 0. The van der Waals surface area contributed by atoms with E-state index in [0.717, 1.165) is 17.1 Å². The molecule has 3 N–H and O–H groups in total. The number of nitrogens with zero attached hydrogens (tertiary/aromatic N) is 1. The highest BCUT2D eigenvalue weighted by molar-refractivity contribution is 6.01. The number of nitrogens with two attached hydrogens (primary N) is 1. The van der Waals surface area contributed by atoms with Crippen LogP contribution in [0.4, 0.5) is 0 Å². The van der Waals surface area contributed by atoms with E-state index in [1.54, 1.807) is 24.3 Å². The summed E-state index contributed by atoms with van der Waals surface area (Å²) in [5.74, 6) is 1.09. The topological polar surface area (TPSA) is 84.7 Å². The third-order valence-electron chi connectivity index (χ3n) is 4.43. The van der Waals surface area contributed by atoms with Gasteiger partial charge in [-0.25, -0.2) is 0 Å². The first-order valence-electron chi connectivity index (χ1n) is 9.08. The Balaban J connectivity index is 0.00000300. The molecule has 0 spiro atoms. The van der Waals surface area contributed by atoms with Gasteiger partial charge in [-0.15, -0.1) is 0 Å². The molecule has 6 nitrogen and oxygen atoms in total. The number of hydrogen-bond acceptors (Lipinski definition) is 4. The highest BCUT2D eigenvalue weighted by Gasteiger charge is 2.28. The molecule has 0 aromatic heterocycles. The number of benzene rings is 1. The lowest BCUT2D eigenvalue weighted by molar-refractivity contribution is -0.117. The molecule has 0 heterocycles. The second kappa shape index (κ2) is 8.71. The van der Waals surface area contributed by atoms with E-state index in [-0.39, 0.29) is 10.2 Å². The van der Waals surface area contributed by atoms with E-state index in [2.05, 4.69) is 10.2 Å². The summed E-state index contributed by atoms with van der Waals surface area (Å²) in [7, 11) is 3.97. The van der Waals surface area contributed by atoms with E-state index in [4.69, 9.17) is 10.5 Å². The number of rotatable bonds is 8. The van der Waals surface area contributed by atoms with Crippen molar-refractivity contribution in [3.8, 4) is 5.75 Å². The van der Waals surface area contributed by atoms with Gasteiger partial charge in [0.05, 0.1) is 6.54 Å². The number of hydrogen-bond donors (Lipinski definition) is 2. The van der Waals surface area contributed by atoms with Crippen LogP contribution >= 0.6 is 0 Å². The normalized spacial score (nSPS) is 15.6. The van der Waals surface area contributed by atoms with Gasteiger partial charge in [-0.05, 0) is 49.5 Å². The van der Waals surface area contributed by atoms with Gasteiger partial charge < -0.3 is 20.7 Å². The van der Waals surface area contributed by atoms with E-state index >= 15 is 0 Å². The summed E-state index contributed by atoms with van der Waals surface area (Å²) in [6, 6.07) is 6.58. The molecule has 28 heavy (non-hydrogen) atoms. The van der Waals surface area contributed by atoms with Crippen molar-refractivity contribution in [3.05, 3.63) is 82.8 Å². The maximum Gasteiger partial charge on any atom is 0.251 e. The zero-order valence-electron chi connectivity index (χ0n) is 16.1. The van der Waals surface area contributed by atoms with Gasteiger partial charge in [-0.2, -0.15) is 0 Å². The Morgan fingerprint density at radius 1 is 1.14 bits per heavy atom. The Hall–Kier alpha value is -3.12. The number of amides is 2. The van der Waals surface area contributed by atoms with Crippen LogP contribution in [0.1, 0.15) is 14.6 Å². The number of likely N-dealkylation sites (N-methyl/N-ethyl adjacent to an activating group) is 1. The van der Waals surface area contributed by atoms with Crippen LogP contribution in [0.2, 0.25) is 0 Å². The lowest BCUT2D eigenvalue weighted by Gasteiger charge is -2.16. The molecule has 151 valence electrons. The molecule has 1 aromatic rings. The molecule has 0 bridgehead atoms. The number of fused-ring (bicyclic) bond motifs is 1. The minimum Gasteiger partial charge on any atom is -0.492 e. The fourth-order valence-electron chi connectivity index (χ4n) is 3.12. The molecule has 2 amide bonds. The van der Waals surface area contributed by atoms with Crippen LogP contribution in [0, 0.1) is 5.92 Å². The van der Waals surface area contributed by atoms with Crippen molar-refractivity contribution in [2.45, 2.75) is 0 Å². The highest BCUT2D eigenvalue weighted by Crippen LogP contribution is 2.36. The fraction of sp³-hybridized carbons (Fsp3) is 0.227. The SMILES string of the molecule is CN(C)CC1=C2C=CC=C[C]2C=C1C(=O)NCCOc1ccc(C(N)=O)cc1.[HH].[HH].[HH]. The Morgan fingerprint density at radius 2 is 1.86 bits per heavy atom.